The quantitative estimate of drug-likeness (QED) is 0.927. The number of alkyl halides is 3. The van der Waals surface area contributed by atoms with Gasteiger partial charge in [0, 0.05) is 12.8 Å². The van der Waals surface area contributed by atoms with Gasteiger partial charge in [0.05, 0.1) is 12.7 Å². The van der Waals surface area contributed by atoms with E-state index < -0.39 is 28.9 Å². The Hall–Kier alpha value is -2.05. The number of carbonyl (C=O) groups excluding carboxylic acids is 1. The largest absolute Gasteiger partial charge is 0.496 e. The minimum Gasteiger partial charge on any atom is -0.496 e. The molecule has 1 aliphatic carbocycles. The predicted molar refractivity (Wildman–Crippen MR) is 61.6 cm³/mol. The third-order valence-corrected chi connectivity index (χ3v) is 3.47. The second kappa shape index (κ2) is 4.50. The smallest absolute Gasteiger partial charge is 0.419 e. The molecule has 7 heteroatoms. The molecule has 0 amide bonds. The van der Waals surface area contributed by atoms with Gasteiger partial charge in [-0.05, 0) is 17.7 Å². The number of ether oxygens (including phenoxy) is 1. The maximum Gasteiger partial charge on any atom is 0.419 e. The summed E-state index contributed by atoms with van der Waals surface area (Å²) in [6, 6.07) is 2.91. The number of methoxy groups -OCH3 is 1. The van der Waals surface area contributed by atoms with Crippen LogP contribution in [0.2, 0.25) is 0 Å². The number of ketones is 1. The van der Waals surface area contributed by atoms with Crippen molar-refractivity contribution in [2.24, 2.45) is 0 Å². The van der Waals surface area contributed by atoms with E-state index in [0.29, 0.717) is 0 Å². The van der Waals surface area contributed by atoms with Crippen LogP contribution in [0.4, 0.5) is 13.2 Å². The zero-order valence-corrected chi connectivity index (χ0v) is 10.5. The molecule has 1 aromatic carbocycles. The number of hydrogen-bond donors (Lipinski definition) is 1. The normalized spacial score (nSPS) is 17.5. The van der Waals surface area contributed by atoms with Crippen molar-refractivity contribution in [2.45, 2.75) is 24.4 Å². The van der Waals surface area contributed by atoms with Gasteiger partial charge in [-0.3, -0.25) is 9.59 Å². The zero-order valence-electron chi connectivity index (χ0n) is 10.5. The number of carboxylic acids is 1. The summed E-state index contributed by atoms with van der Waals surface area (Å²) in [5, 5.41) is 9.23. The fraction of sp³-hybridized carbons (Fsp3) is 0.385. The molecule has 0 spiro atoms. The van der Waals surface area contributed by atoms with Gasteiger partial charge < -0.3 is 9.84 Å². The number of hydrogen-bond acceptors (Lipinski definition) is 3. The molecule has 1 saturated carbocycles. The zero-order chi connectivity index (χ0) is 15.1. The standard InChI is InChI=1S/C13H11F3O4/c1-20-10-4-7(2-3-9(10)13(14,15)16)12(11(18)19)5-8(17)6-12/h2-4H,5-6H2,1H3,(H,18,19). The average molecular weight is 288 g/mol. The minimum absolute atomic E-state index is 0.148. The van der Waals surface area contributed by atoms with Crippen molar-refractivity contribution >= 4 is 11.8 Å². The fourth-order valence-corrected chi connectivity index (χ4v) is 2.32. The van der Waals surface area contributed by atoms with E-state index in [2.05, 4.69) is 4.74 Å². The molecular formula is C13H11F3O4. The molecule has 0 heterocycles. The van der Waals surface area contributed by atoms with E-state index in [1.165, 1.54) is 0 Å². The average Bonchev–Trinajstić information content (AvgIpc) is 2.32. The lowest BCUT2D eigenvalue weighted by Gasteiger charge is -2.36. The van der Waals surface area contributed by atoms with Gasteiger partial charge in [-0.15, -0.1) is 0 Å². The van der Waals surface area contributed by atoms with Gasteiger partial charge in [0.2, 0.25) is 0 Å². The Balaban J connectivity index is 2.49. The fourth-order valence-electron chi connectivity index (χ4n) is 2.32. The van der Waals surface area contributed by atoms with E-state index in [-0.39, 0.29) is 24.2 Å². The summed E-state index contributed by atoms with van der Waals surface area (Å²) < 4.78 is 42.9. The second-order valence-corrected chi connectivity index (χ2v) is 4.69. The lowest BCUT2D eigenvalue weighted by Crippen LogP contribution is -2.48. The van der Waals surface area contributed by atoms with Crippen LogP contribution in [0.25, 0.3) is 0 Å². The molecule has 4 nitrogen and oxygen atoms in total. The third-order valence-electron chi connectivity index (χ3n) is 3.47. The number of carboxylic acid groups (broad SMARTS) is 1. The molecule has 1 aromatic rings. The molecule has 2 rings (SSSR count). The van der Waals surface area contributed by atoms with Gasteiger partial charge in [-0.25, -0.2) is 0 Å². The van der Waals surface area contributed by atoms with Gasteiger partial charge in [-0.1, -0.05) is 6.07 Å². The number of rotatable bonds is 3. The van der Waals surface area contributed by atoms with Crippen molar-refractivity contribution < 1.29 is 32.6 Å². The summed E-state index contributed by atoms with van der Waals surface area (Å²) in [6.45, 7) is 0. The highest BCUT2D eigenvalue weighted by Gasteiger charge is 2.52. The van der Waals surface area contributed by atoms with E-state index >= 15 is 0 Å². The SMILES string of the molecule is COc1cc(C2(C(=O)O)CC(=O)C2)ccc1C(F)(F)F. The van der Waals surface area contributed by atoms with Crippen molar-refractivity contribution in [3.63, 3.8) is 0 Å². The van der Waals surface area contributed by atoms with Crippen LogP contribution in [0.1, 0.15) is 24.0 Å². The number of carbonyl (C=O) groups is 2. The van der Waals surface area contributed by atoms with E-state index in [1.807, 2.05) is 0 Å². The first-order valence-corrected chi connectivity index (χ1v) is 5.71. The van der Waals surface area contributed by atoms with Crippen LogP contribution < -0.4 is 4.74 Å². The van der Waals surface area contributed by atoms with Crippen molar-refractivity contribution in [3.05, 3.63) is 29.3 Å². The van der Waals surface area contributed by atoms with Gasteiger partial charge in [0.25, 0.3) is 0 Å². The Bertz CT molecular complexity index is 569. The van der Waals surface area contributed by atoms with Crippen molar-refractivity contribution in [1.29, 1.82) is 0 Å². The number of aliphatic carboxylic acids is 1. The Morgan fingerprint density at radius 1 is 1.35 bits per heavy atom. The van der Waals surface area contributed by atoms with Crippen molar-refractivity contribution in [2.75, 3.05) is 7.11 Å². The van der Waals surface area contributed by atoms with Gasteiger partial charge in [0.15, 0.2) is 0 Å². The van der Waals surface area contributed by atoms with Gasteiger partial charge in [-0.2, -0.15) is 13.2 Å². The molecule has 20 heavy (non-hydrogen) atoms. The summed E-state index contributed by atoms with van der Waals surface area (Å²) in [5.74, 6) is -1.90. The van der Waals surface area contributed by atoms with Crippen LogP contribution in [0.5, 0.6) is 5.75 Å². The Morgan fingerprint density at radius 2 is 1.95 bits per heavy atom. The Kier molecular flexibility index (Phi) is 3.23. The molecule has 1 N–H and O–H groups in total. The van der Waals surface area contributed by atoms with E-state index in [9.17, 15) is 27.9 Å². The molecule has 1 fully saturated rings. The summed E-state index contributed by atoms with van der Waals surface area (Å²) in [4.78, 5) is 22.4. The van der Waals surface area contributed by atoms with Crippen LogP contribution in [-0.2, 0) is 21.2 Å². The lowest BCUT2D eigenvalue weighted by molar-refractivity contribution is -0.153. The van der Waals surface area contributed by atoms with Crippen LogP contribution in [0.3, 0.4) is 0 Å². The van der Waals surface area contributed by atoms with Crippen LogP contribution in [-0.4, -0.2) is 24.0 Å². The summed E-state index contributed by atoms with van der Waals surface area (Å²) in [7, 11) is 1.08. The molecule has 0 saturated heterocycles. The molecule has 0 aromatic heterocycles. The minimum atomic E-state index is -4.59. The molecule has 0 unspecified atom stereocenters. The van der Waals surface area contributed by atoms with Gasteiger partial charge in [0.1, 0.15) is 16.9 Å². The number of benzene rings is 1. The summed E-state index contributed by atoms with van der Waals surface area (Å²) in [6.07, 6.45) is -5.01. The second-order valence-electron chi connectivity index (χ2n) is 4.69. The molecule has 0 aliphatic heterocycles. The monoisotopic (exact) mass is 288 g/mol. The van der Waals surface area contributed by atoms with Gasteiger partial charge >= 0.3 is 12.1 Å². The Morgan fingerprint density at radius 3 is 2.35 bits per heavy atom. The number of Topliss-reactive ketones (excluding diaryl/α,β-unsaturated/α-hetero) is 1. The highest BCUT2D eigenvalue weighted by atomic mass is 19.4. The first-order chi connectivity index (χ1) is 9.20. The van der Waals surface area contributed by atoms with Crippen LogP contribution in [0.15, 0.2) is 18.2 Å². The van der Waals surface area contributed by atoms with E-state index in [4.69, 9.17) is 0 Å². The molecule has 108 valence electrons. The van der Waals surface area contributed by atoms with E-state index in [1.54, 1.807) is 0 Å². The van der Waals surface area contributed by atoms with E-state index in [0.717, 1.165) is 25.3 Å². The predicted octanol–water partition coefficient (Wildman–Crippen LogP) is 2.40. The van der Waals surface area contributed by atoms with Crippen LogP contribution >= 0.6 is 0 Å². The lowest BCUT2D eigenvalue weighted by atomic mass is 9.63. The van der Waals surface area contributed by atoms with Crippen molar-refractivity contribution in [1.82, 2.24) is 0 Å². The topological polar surface area (TPSA) is 63.6 Å². The first kappa shape index (κ1) is 14.4. The first-order valence-electron chi connectivity index (χ1n) is 5.71. The number of halogens is 3. The molecular weight excluding hydrogens is 277 g/mol. The highest BCUT2D eigenvalue weighted by Crippen LogP contribution is 2.45. The van der Waals surface area contributed by atoms with Crippen LogP contribution in [0, 0.1) is 0 Å². The molecule has 0 bridgehead atoms. The maximum absolute atomic E-state index is 12.7. The highest BCUT2D eigenvalue weighted by molar-refractivity contribution is 6.01. The summed E-state index contributed by atoms with van der Waals surface area (Å²) in [5.41, 5.74) is -2.27. The molecule has 1 aliphatic rings. The third kappa shape index (κ3) is 2.13. The summed E-state index contributed by atoms with van der Waals surface area (Å²) >= 11 is 0. The molecule has 0 atom stereocenters. The van der Waals surface area contributed by atoms with Crippen molar-refractivity contribution in [3.8, 4) is 5.75 Å². The Labute approximate surface area is 112 Å². The maximum atomic E-state index is 12.7. The molecule has 0 radical (unpaired) electrons.